The van der Waals surface area contributed by atoms with Gasteiger partial charge in [0.1, 0.15) is 0 Å². The number of hydrogen-bond donors (Lipinski definition) is 1. The average molecular weight is 448 g/mol. The highest BCUT2D eigenvalue weighted by Gasteiger charge is 2.42. The van der Waals surface area contributed by atoms with E-state index < -0.39 is 43.6 Å². The molecule has 0 unspecified atom stereocenters. The summed E-state index contributed by atoms with van der Waals surface area (Å²) in [5.74, 6) is -1.68. The third kappa shape index (κ3) is 4.22. The van der Waals surface area contributed by atoms with Gasteiger partial charge >= 0.3 is 6.18 Å². The monoisotopic (exact) mass is 448 g/mol. The summed E-state index contributed by atoms with van der Waals surface area (Å²) in [7, 11) is -8.08. The van der Waals surface area contributed by atoms with E-state index in [4.69, 9.17) is 0 Å². The largest absolute Gasteiger partial charge is 0.416 e. The minimum Gasteiger partial charge on any atom is -0.280 e. The molecule has 2 aromatic carbocycles. The molecule has 2 aromatic rings. The van der Waals surface area contributed by atoms with Gasteiger partial charge in [0.05, 0.1) is 27.8 Å². The Morgan fingerprint density at radius 1 is 1.10 bits per heavy atom. The van der Waals surface area contributed by atoms with Crippen molar-refractivity contribution in [1.82, 2.24) is 0 Å². The summed E-state index contributed by atoms with van der Waals surface area (Å²) in [5.41, 5.74) is -1.31. The first-order valence-corrected chi connectivity index (χ1v) is 11.3. The molecule has 3 rings (SSSR count). The Labute approximate surface area is 165 Å². The van der Waals surface area contributed by atoms with Gasteiger partial charge < -0.3 is 0 Å². The standard InChI is InChI=1S/C17H15F3N2O5S2/c1-11-10-28(24,25)22(16(11)23)14-5-7-15(8-6-14)29(26,27)21-13-4-2-3-12(9-13)17(18,19)20/h2-9,11,21H,10H2,1H3/t11-/m1/s1. The summed E-state index contributed by atoms with van der Waals surface area (Å²) in [5, 5.41) is 0. The molecule has 1 fully saturated rings. The zero-order valence-electron chi connectivity index (χ0n) is 14.8. The molecule has 0 spiro atoms. The smallest absolute Gasteiger partial charge is 0.280 e. The maximum absolute atomic E-state index is 12.8. The Bertz CT molecular complexity index is 1160. The summed E-state index contributed by atoms with van der Waals surface area (Å²) in [6.45, 7) is 1.47. The molecule has 1 N–H and O–H groups in total. The highest BCUT2D eigenvalue weighted by molar-refractivity contribution is 7.94. The second-order valence-electron chi connectivity index (χ2n) is 6.46. The minimum atomic E-state index is -4.63. The number of carbonyl (C=O) groups is 1. The normalized spacial score (nSPS) is 19.4. The summed E-state index contributed by atoms with van der Waals surface area (Å²) in [6, 6.07) is 8.12. The van der Waals surface area contributed by atoms with Crippen molar-refractivity contribution in [1.29, 1.82) is 0 Å². The molecular formula is C17H15F3N2O5S2. The van der Waals surface area contributed by atoms with Crippen LogP contribution in [0.15, 0.2) is 53.4 Å². The van der Waals surface area contributed by atoms with Crippen molar-refractivity contribution in [2.24, 2.45) is 5.92 Å². The summed E-state index contributed by atoms with van der Waals surface area (Å²) < 4.78 is 90.1. The molecule has 0 aliphatic carbocycles. The third-order valence-corrected chi connectivity index (χ3v) is 7.45. The van der Waals surface area contributed by atoms with Crippen molar-refractivity contribution in [2.45, 2.75) is 18.0 Å². The molecule has 0 bridgehead atoms. The third-order valence-electron chi connectivity index (χ3n) is 4.18. The number of halogens is 3. The van der Waals surface area contributed by atoms with Crippen LogP contribution in [0.1, 0.15) is 12.5 Å². The lowest BCUT2D eigenvalue weighted by Crippen LogP contribution is -2.30. The van der Waals surface area contributed by atoms with Gasteiger partial charge in [-0.3, -0.25) is 9.52 Å². The predicted octanol–water partition coefficient (Wildman–Crippen LogP) is 2.82. The van der Waals surface area contributed by atoms with E-state index in [2.05, 4.69) is 0 Å². The topological polar surface area (TPSA) is 101 Å². The van der Waals surface area contributed by atoms with E-state index in [0.29, 0.717) is 10.4 Å². The number of carbonyl (C=O) groups excluding carboxylic acids is 1. The van der Waals surface area contributed by atoms with E-state index in [1.807, 2.05) is 4.72 Å². The molecule has 7 nitrogen and oxygen atoms in total. The van der Waals surface area contributed by atoms with Crippen LogP contribution < -0.4 is 9.03 Å². The van der Waals surface area contributed by atoms with E-state index in [9.17, 15) is 34.8 Å². The molecule has 1 saturated heterocycles. The highest BCUT2D eigenvalue weighted by Crippen LogP contribution is 2.32. The summed E-state index contributed by atoms with van der Waals surface area (Å²) >= 11 is 0. The van der Waals surface area contributed by atoms with Crippen molar-refractivity contribution < 1.29 is 34.8 Å². The van der Waals surface area contributed by atoms with Crippen LogP contribution in [-0.2, 0) is 31.0 Å². The number of benzene rings is 2. The lowest BCUT2D eigenvalue weighted by molar-refractivity contribution is -0.137. The molecule has 1 aliphatic heterocycles. The van der Waals surface area contributed by atoms with E-state index in [0.717, 1.165) is 42.5 Å². The lowest BCUT2D eigenvalue weighted by Gasteiger charge is -2.16. The fourth-order valence-electron chi connectivity index (χ4n) is 2.82. The molecule has 0 saturated carbocycles. The molecule has 12 heteroatoms. The predicted molar refractivity (Wildman–Crippen MR) is 99.1 cm³/mol. The molecule has 1 amide bonds. The first-order chi connectivity index (χ1) is 13.3. The van der Waals surface area contributed by atoms with Crippen LogP contribution in [-0.4, -0.2) is 28.5 Å². The van der Waals surface area contributed by atoms with Gasteiger partial charge in [0.2, 0.25) is 15.9 Å². The van der Waals surface area contributed by atoms with Gasteiger partial charge in [-0.2, -0.15) is 13.2 Å². The number of nitrogens with one attached hydrogen (secondary N) is 1. The van der Waals surface area contributed by atoms with Crippen LogP contribution in [0.3, 0.4) is 0 Å². The Hall–Kier alpha value is -2.60. The van der Waals surface area contributed by atoms with E-state index in [1.54, 1.807) is 0 Å². The first-order valence-electron chi connectivity index (χ1n) is 8.18. The maximum Gasteiger partial charge on any atom is 0.416 e. The van der Waals surface area contributed by atoms with Crippen molar-refractivity contribution in [3.8, 4) is 0 Å². The molecule has 0 aromatic heterocycles. The maximum atomic E-state index is 12.8. The van der Waals surface area contributed by atoms with Crippen molar-refractivity contribution in [3.05, 3.63) is 54.1 Å². The Kier molecular flexibility index (Phi) is 5.11. The molecule has 156 valence electrons. The van der Waals surface area contributed by atoms with Crippen LogP contribution >= 0.6 is 0 Å². The van der Waals surface area contributed by atoms with E-state index >= 15 is 0 Å². The van der Waals surface area contributed by atoms with Crippen LogP contribution in [0.4, 0.5) is 24.5 Å². The molecular weight excluding hydrogens is 433 g/mol. The van der Waals surface area contributed by atoms with Crippen LogP contribution in [0, 0.1) is 5.92 Å². The molecule has 1 aliphatic rings. The van der Waals surface area contributed by atoms with Gasteiger partial charge in [-0.25, -0.2) is 21.1 Å². The van der Waals surface area contributed by atoms with Crippen molar-refractivity contribution in [3.63, 3.8) is 0 Å². The number of sulfonamides is 2. The Morgan fingerprint density at radius 3 is 2.24 bits per heavy atom. The fourth-order valence-corrected chi connectivity index (χ4v) is 5.69. The minimum absolute atomic E-state index is 0.0163. The number of amides is 1. The summed E-state index contributed by atoms with van der Waals surface area (Å²) in [6.07, 6.45) is -4.63. The molecule has 1 heterocycles. The number of hydrogen-bond acceptors (Lipinski definition) is 5. The van der Waals surface area contributed by atoms with Crippen LogP contribution in [0.5, 0.6) is 0 Å². The van der Waals surface area contributed by atoms with E-state index in [1.165, 1.54) is 6.92 Å². The second kappa shape index (κ2) is 7.02. The van der Waals surface area contributed by atoms with Gasteiger partial charge in [0.25, 0.3) is 10.0 Å². The fraction of sp³-hybridized carbons (Fsp3) is 0.235. The van der Waals surface area contributed by atoms with Gasteiger partial charge in [0, 0.05) is 5.69 Å². The van der Waals surface area contributed by atoms with Crippen LogP contribution in [0.2, 0.25) is 0 Å². The Balaban J connectivity index is 1.87. The van der Waals surface area contributed by atoms with Gasteiger partial charge in [0.15, 0.2) is 0 Å². The van der Waals surface area contributed by atoms with E-state index in [-0.39, 0.29) is 22.0 Å². The lowest BCUT2D eigenvalue weighted by atomic mass is 10.2. The average Bonchev–Trinajstić information content (AvgIpc) is 2.81. The number of anilines is 2. The second-order valence-corrected chi connectivity index (χ2v) is 10.0. The number of rotatable bonds is 4. The zero-order valence-corrected chi connectivity index (χ0v) is 16.5. The molecule has 1 atom stereocenters. The summed E-state index contributed by atoms with van der Waals surface area (Å²) in [4.78, 5) is 11.8. The van der Waals surface area contributed by atoms with Gasteiger partial charge in [-0.1, -0.05) is 13.0 Å². The van der Waals surface area contributed by atoms with Gasteiger partial charge in [-0.15, -0.1) is 0 Å². The number of alkyl halides is 3. The quantitative estimate of drug-likeness (QED) is 0.775. The number of nitrogens with zero attached hydrogens (tertiary/aromatic N) is 1. The SMILES string of the molecule is C[C@@H]1CS(=O)(=O)N(c2ccc(S(=O)(=O)Nc3cccc(C(F)(F)F)c3)cc2)C1=O. The van der Waals surface area contributed by atoms with Crippen molar-refractivity contribution >= 4 is 37.3 Å². The molecule has 0 radical (unpaired) electrons. The highest BCUT2D eigenvalue weighted by atomic mass is 32.2. The Morgan fingerprint density at radius 2 is 1.72 bits per heavy atom. The first kappa shape index (κ1) is 21.1. The molecule has 29 heavy (non-hydrogen) atoms. The van der Waals surface area contributed by atoms with Crippen molar-refractivity contribution in [2.75, 3.05) is 14.8 Å². The van der Waals surface area contributed by atoms with Gasteiger partial charge in [-0.05, 0) is 42.5 Å². The van der Waals surface area contributed by atoms with Crippen LogP contribution in [0.25, 0.3) is 0 Å². The zero-order chi connectivity index (χ0) is 21.6.